The first-order chi connectivity index (χ1) is 10.2. The van der Waals surface area contributed by atoms with E-state index in [0.29, 0.717) is 22.6 Å². The van der Waals surface area contributed by atoms with Gasteiger partial charge in [0.25, 0.3) is 0 Å². The SMILES string of the molecule is COc1ccc2cccc(Cc3nc(Cl)cc(Cl)n3)c2c1. The molecular weight excluding hydrogens is 307 g/mol. The van der Waals surface area contributed by atoms with Gasteiger partial charge in [0.2, 0.25) is 0 Å². The molecule has 3 aromatic rings. The smallest absolute Gasteiger partial charge is 0.136 e. The molecule has 0 amide bonds. The van der Waals surface area contributed by atoms with E-state index in [9.17, 15) is 0 Å². The van der Waals surface area contributed by atoms with Crippen LogP contribution in [0.4, 0.5) is 0 Å². The fraction of sp³-hybridized carbons (Fsp3) is 0.125. The van der Waals surface area contributed by atoms with Crippen molar-refractivity contribution < 1.29 is 4.74 Å². The number of ether oxygens (including phenoxy) is 1. The summed E-state index contributed by atoms with van der Waals surface area (Å²) < 4.78 is 5.29. The van der Waals surface area contributed by atoms with Gasteiger partial charge in [-0.25, -0.2) is 9.97 Å². The summed E-state index contributed by atoms with van der Waals surface area (Å²) in [5.41, 5.74) is 1.10. The lowest BCUT2D eigenvalue weighted by molar-refractivity contribution is 0.415. The molecule has 0 bridgehead atoms. The summed E-state index contributed by atoms with van der Waals surface area (Å²) in [6.07, 6.45) is 0.560. The number of methoxy groups -OCH3 is 1. The maximum atomic E-state index is 5.93. The summed E-state index contributed by atoms with van der Waals surface area (Å²) in [7, 11) is 1.66. The largest absolute Gasteiger partial charge is 0.497 e. The Labute approximate surface area is 132 Å². The van der Waals surface area contributed by atoms with Gasteiger partial charge in [-0.05, 0) is 28.5 Å². The minimum absolute atomic E-state index is 0.350. The molecule has 2 aromatic carbocycles. The molecule has 0 aliphatic carbocycles. The molecule has 3 nitrogen and oxygen atoms in total. The van der Waals surface area contributed by atoms with Crippen LogP contribution in [0, 0.1) is 0 Å². The van der Waals surface area contributed by atoms with Gasteiger partial charge in [-0.15, -0.1) is 0 Å². The molecule has 0 aliphatic heterocycles. The summed E-state index contributed by atoms with van der Waals surface area (Å²) in [5.74, 6) is 1.42. The fourth-order valence-electron chi connectivity index (χ4n) is 2.28. The van der Waals surface area contributed by atoms with Crippen molar-refractivity contribution in [2.45, 2.75) is 6.42 Å². The fourth-order valence-corrected chi connectivity index (χ4v) is 2.74. The van der Waals surface area contributed by atoms with E-state index in [1.165, 1.54) is 6.07 Å². The Kier molecular flexibility index (Phi) is 3.95. The van der Waals surface area contributed by atoms with Gasteiger partial charge >= 0.3 is 0 Å². The summed E-state index contributed by atoms with van der Waals surface area (Å²) >= 11 is 11.9. The third-order valence-corrected chi connectivity index (χ3v) is 3.63. The predicted molar refractivity (Wildman–Crippen MR) is 85.4 cm³/mol. The standard InChI is InChI=1S/C16H12Cl2N2O/c1-21-12-6-5-10-3-2-4-11(13(10)8-12)7-16-19-14(17)9-15(18)20-16/h2-6,8-9H,7H2,1H3. The van der Waals surface area contributed by atoms with Crippen LogP contribution in [0.25, 0.3) is 10.8 Å². The monoisotopic (exact) mass is 318 g/mol. The molecule has 0 spiro atoms. The van der Waals surface area contributed by atoms with Crippen molar-refractivity contribution in [1.82, 2.24) is 9.97 Å². The van der Waals surface area contributed by atoms with Gasteiger partial charge in [0.15, 0.2) is 0 Å². The van der Waals surface area contributed by atoms with Crippen molar-refractivity contribution in [3.05, 3.63) is 64.2 Å². The molecule has 21 heavy (non-hydrogen) atoms. The topological polar surface area (TPSA) is 35.0 Å². The first-order valence-corrected chi connectivity index (χ1v) is 7.16. The quantitative estimate of drug-likeness (QED) is 0.665. The van der Waals surface area contributed by atoms with Crippen molar-refractivity contribution in [2.75, 3.05) is 7.11 Å². The zero-order valence-corrected chi connectivity index (χ0v) is 12.8. The number of hydrogen-bond acceptors (Lipinski definition) is 3. The third kappa shape index (κ3) is 3.09. The van der Waals surface area contributed by atoms with Crippen LogP contribution in [0.2, 0.25) is 10.3 Å². The van der Waals surface area contributed by atoms with E-state index < -0.39 is 0 Å². The highest BCUT2D eigenvalue weighted by molar-refractivity contribution is 6.33. The Hall–Kier alpha value is -1.84. The van der Waals surface area contributed by atoms with Crippen LogP contribution in [0.15, 0.2) is 42.5 Å². The Morgan fingerprint density at radius 1 is 1.00 bits per heavy atom. The van der Waals surface area contributed by atoms with Crippen LogP contribution in [0.1, 0.15) is 11.4 Å². The van der Waals surface area contributed by atoms with E-state index in [-0.39, 0.29) is 0 Å². The number of fused-ring (bicyclic) bond motifs is 1. The van der Waals surface area contributed by atoms with E-state index in [2.05, 4.69) is 16.0 Å². The van der Waals surface area contributed by atoms with E-state index in [1.807, 2.05) is 30.3 Å². The van der Waals surface area contributed by atoms with Gasteiger partial charge in [0.1, 0.15) is 21.9 Å². The number of rotatable bonds is 3. The lowest BCUT2D eigenvalue weighted by atomic mass is 10.0. The zero-order chi connectivity index (χ0) is 14.8. The molecule has 0 fully saturated rings. The average Bonchev–Trinajstić information content (AvgIpc) is 2.46. The lowest BCUT2D eigenvalue weighted by Gasteiger charge is -2.08. The highest BCUT2D eigenvalue weighted by atomic mass is 35.5. The van der Waals surface area contributed by atoms with Gasteiger partial charge in [-0.1, -0.05) is 47.5 Å². The second-order valence-electron chi connectivity index (χ2n) is 4.61. The predicted octanol–water partition coefficient (Wildman–Crippen LogP) is 4.54. The van der Waals surface area contributed by atoms with Crippen LogP contribution >= 0.6 is 23.2 Å². The number of nitrogens with zero attached hydrogens (tertiary/aromatic N) is 2. The van der Waals surface area contributed by atoms with E-state index >= 15 is 0 Å². The zero-order valence-electron chi connectivity index (χ0n) is 11.3. The molecule has 5 heteroatoms. The molecule has 3 rings (SSSR count). The molecule has 0 unspecified atom stereocenters. The molecule has 0 saturated heterocycles. The van der Waals surface area contributed by atoms with Crippen LogP contribution in [-0.4, -0.2) is 17.1 Å². The van der Waals surface area contributed by atoms with Crippen molar-refractivity contribution in [2.24, 2.45) is 0 Å². The molecule has 0 N–H and O–H groups in total. The van der Waals surface area contributed by atoms with Gasteiger partial charge in [-0.2, -0.15) is 0 Å². The molecule has 1 heterocycles. The molecule has 0 radical (unpaired) electrons. The normalized spacial score (nSPS) is 10.8. The van der Waals surface area contributed by atoms with E-state index in [0.717, 1.165) is 22.1 Å². The van der Waals surface area contributed by atoms with Crippen LogP contribution < -0.4 is 4.74 Å². The highest BCUT2D eigenvalue weighted by Gasteiger charge is 2.07. The van der Waals surface area contributed by atoms with Gasteiger partial charge in [0, 0.05) is 12.5 Å². The van der Waals surface area contributed by atoms with Crippen molar-refractivity contribution in [3.63, 3.8) is 0 Å². The lowest BCUT2D eigenvalue weighted by Crippen LogP contribution is -1.98. The van der Waals surface area contributed by atoms with Crippen LogP contribution in [-0.2, 0) is 6.42 Å². The van der Waals surface area contributed by atoms with Gasteiger partial charge < -0.3 is 4.74 Å². The summed E-state index contributed by atoms with van der Waals surface area (Å²) in [5, 5.41) is 2.95. The Bertz CT molecular complexity index is 785. The van der Waals surface area contributed by atoms with Gasteiger partial charge in [-0.3, -0.25) is 0 Å². The summed E-state index contributed by atoms with van der Waals surface area (Å²) in [6, 6.07) is 13.6. The second-order valence-corrected chi connectivity index (χ2v) is 5.39. The third-order valence-electron chi connectivity index (χ3n) is 3.24. The van der Waals surface area contributed by atoms with Crippen molar-refractivity contribution in [3.8, 4) is 5.75 Å². The second kappa shape index (κ2) is 5.88. The number of halogens is 2. The van der Waals surface area contributed by atoms with Crippen molar-refractivity contribution >= 4 is 34.0 Å². The van der Waals surface area contributed by atoms with E-state index in [4.69, 9.17) is 27.9 Å². The Balaban J connectivity index is 2.07. The van der Waals surface area contributed by atoms with Crippen LogP contribution in [0.5, 0.6) is 5.75 Å². The highest BCUT2D eigenvalue weighted by Crippen LogP contribution is 2.25. The number of benzene rings is 2. The average molecular weight is 319 g/mol. The molecule has 0 atom stereocenters. The first-order valence-electron chi connectivity index (χ1n) is 6.40. The Morgan fingerprint density at radius 2 is 1.76 bits per heavy atom. The summed E-state index contributed by atoms with van der Waals surface area (Å²) in [6.45, 7) is 0. The molecule has 1 aromatic heterocycles. The first kappa shape index (κ1) is 14.1. The van der Waals surface area contributed by atoms with Crippen LogP contribution in [0.3, 0.4) is 0 Å². The molecule has 0 aliphatic rings. The summed E-state index contributed by atoms with van der Waals surface area (Å²) in [4.78, 5) is 8.43. The molecule has 0 saturated carbocycles. The molecule has 106 valence electrons. The number of aromatic nitrogens is 2. The minimum atomic E-state index is 0.350. The maximum absolute atomic E-state index is 5.93. The van der Waals surface area contributed by atoms with Gasteiger partial charge in [0.05, 0.1) is 7.11 Å². The number of hydrogen-bond donors (Lipinski definition) is 0. The Morgan fingerprint density at radius 3 is 2.48 bits per heavy atom. The van der Waals surface area contributed by atoms with E-state index in [1.54, 1.807) is 7.11 Å². The molecular formula is C16H12Cl2N2O. The maximum Gasteiger partial charge on any atom is 0.136 e. The van der Waals surface area contributed by atoms with Crippen molar-refractivity contribution in [1.29, 1.82) is 0 Å². The minimum Gasteiger partial charge on any atom is -0.497 e.